The van der Waals surface area contributed by atoms with Gasteiger partial charge in [0.15, 0.2) is 9.84 Å². The van der Waals surface area contributed by atoms with Gasteiger partial charge in [-0.15, -0.1) is 0 Å². The molecule has 41 heavy (non-hydrogen) atoms. The zero-order chi connectivity index (χ0) is 30.1. The molecule has 2 aromatic carbocycles. The molecule has 2 heterocycles. The molecular weight excluding hydrogens is 579 g/mol. The molecule has 7 nitrogen and oxygen atoms in total. The predicted molar refractivity (Wildman–Crippen MR) is 150 cm³/mol. The number of carbonyl (C=O) groups excluding carboxylic acids is 1. The maximum absolute atomic E-state index is 13.7. The SMILES string of the molecule is CCS(=O)(=O)c1ccc([C@H](CO)NC(=O)c2ccn3c(C(C)C)c(Cc4ccc(Cl)cc4C(F)(F)F)nc3c2)cc1. The van der Waals surface area contributed by atoms with Crippen molar-refractivity contribution in [3.8, 4) is 0 Å². The van der Waals surface area contributed by atoms with E-state index in [0.717, 1.165) is 6.07 Å². The Labute approximate surface area is 240 Å². The van der Waals surface area contributed by atoms with E-state index in [1.165, 1.54) is 42.5 Å². The van der Waals surface area contributed by atoms with E-state index < -0.39 is 40.1 Å². The summed E-state index contributed by atoms with van der Waals surface area (Å²) in [4.78, 5) is 17.9. The van der Waals surface area contributed by atoms with Crippen LogP contribution in [0.3, 0.4) is 0 Å². The van der Waals surface area contributed by atoms with Crippen molar-refractivity contribution < 1.29 is 31.5 Å². The van der Waals surface area contributed by atoms with Gasteiger partial charge in [-0.2, -0.15) is 13.2 Å². The minimum atomic E-state index is -4.59. The summed E-state index contributed by atoms with van der Waals surface area (Å²) in [6.45, 7) is 4.93. The highest BCUT2D eigenvalue weighted by Gasteiger charge is 2.34. The zero-order valence-electron chi connectivity index (χ0n) is 22.5. The molecule has 218 valence electrons. The van der Waals surface area contributed by atoms with Gasteiger partial charge in [-0.3, -0.25) is 4.79 Å². The lowest BCUT2D eigenvalue weighted by Gasteiger charge is -2.17. The number of rotatable bonds is 9. The number of pyridine rings is 1. The second kappa shape index (κ2) is 11.8. The fourth-order valence-electron chi connectivity index (χ4n) is 4.69. The Morgan fingerprint density at radius 3 is 2.37 bits per heavy atom. The van der Waals surface area contributed by atoms with Gasteiger partial charge in [-0.1, -0.05) is 50.6 Å². The van der Waals surface area contributed by atoms with Gasteiger partial charge >= 0.3 is 6.18 Å². The van der Waals surface area contributed by atoms with Gasteiger partial charge < -0.3 is 14.8 Å². The summed E-state index contributed by atoms with van der Waals surface area (Å²) in [5.74, 6) is -0.643. The summed E-state index contributed by atoms with van der Waals surface area (Å²) >= 11 is 5.84. The number of hydrogen-bond acceptors (Lipinski definition) is 5. The molecule has 0 saturated carbocycles. The molecule has 4 aromatic rings. The lowest BCUT2D eigenvalue weighted by Crippen LogP contribution is -2.30. The Kier molecular flexibility index (Phi) is 8.81. The first-order valence-corrected chi connectivity index (χ1v) is 14.9. The second-order valence-corrected chi connectivity index (χ2v) is 12.6. The Balaban J connectivity index is 1.63. The van der Waals surface area contributed by atoms with Crippen LogP contribution in [0.1, 0.15) is 71.2 Å². The van der Waals surface area contributed by atoms with Gasteiger partial charge in [0.2, 0.25) is 0 Å². The maximum atomic E-state index is 13.7. The summed E-state index contributed by atoms with van der Waals surface area (Å²) in [6, 6.07) is 11.9. The first-order chi connectivity index (χ1) is 19.2. The third-order valence-electron chi connectivity index (χ3n) is 6.79. The van der Waals surface area contributed by atoms with Crippen LogP contribution < -0.4 is 5.32 Å². The molecule has 2 N–H and O–H groups in total. The summed E-state index contributed by atoms with van der Waals surface area (Å²) in [7, 11) is -3.39. The van der Waals surface area contributed by atoms with Crippen LogP contribution >= 0.6 is 11.6 Å². The molecule has 0 aliphatic heterocycles. The Bertz CT molecular complexity index is 1680. The number of aliphatic hydroxyl groups is 1. The van der Waals surface area contributed by atoms with Gasteiger partial charge in [0, 0.05) is 28.9 Å². The number of aliphatic hydroxyl groups excluding tert-OH is 1. The molecule has 1 atom stereocenters. The molecule has 0 bridgehead atoms. The molecule has 0 fully saturated rings. The number of alkyl halides is 3. The second-order valence-electron chi connectivity index (χ2n) is 9.90. The fourth-order valence-corrected chi connectivity index (χ4v) is 5.75. The third-order valence-corrected chi connectivity index (χ3v) is 8.78. The van der Waals surface area contributed by atoms with Crippen LogP contribution in [0.5, 0.6) is 0 Å². The quantitative estimate of drug-likeness (QED) is 0.244. The topological polar surface area (TPSA) is 101 Å². The number of sulfone groups is 1. The molecule has 0 radical (unpaired) electrons. The summed E-state index contributed by atoms with van der Waals surface area (Å²) in [6.07, 6.45) is -3.03. The van der Waals surface area contributed by atoms with E-state index in [1.54, 1.807) is 23.6 Å². The number of carbonyl (C=O) groups is 1. The van der Waals surface area contributed by atoms with Gasteiger partial charge in [-0.05, 0) is 53.4 Å². The smallest absolute Gasteiger partial charge is 0.394 e. The van der Waals surface area contributed by atoms with Gasteiger partial charge in [0.1, 0.15) is 5.65 Å². The molecule has 0 saturated heterocycles. The molecule has 1 amide bonds. The molecule has 2 aromatic heterocycles. The molecule has 4 rings (SSSR count). The number of amides is 1. The largest absolute Gasteiger partial charge is 0.416 e. The van der Waals surface area contributed by atoms with Crippen LogP contribution in [0, 0.1) is 0 Å². The highest BCUT2D eigenvalue weighted by Crippen LogP contribution is 2.35. The van der Waals surface area contributed by atoms with Crippen LogP contribution in [0.15, 0.2) is 65.7 Å². The standard InChI is InChI=1S/C29H29ClF3N3O4S/c1-4-41(39,40)22-9-6-18(7-10-22)25(16-37)35-28(38)20-11-12-36-26(14-20)34-24(27(36)17(2)3)13-19-5-8-21(30)15-23(19)29(31,32)33/h5-12,14-15,17,25,37H,4,13,16H2,1-3H3,(H,35,38)/t25-/m0/s1. The Morgan fingerprint density at radius 2 is 1.78 bits per heavy atom. The van der Waals surface area contributed by atoms with E-state index in [-0.39, 0.29) is 39.1 Å². The van der Waals surface area contributed by atoms with Crippen molar-refractivity contribution in [1.29, 1.82) is 0 Å². The van der Waals surface area contributed by atoms with Crippen LogP contribution in [0.25, 0.3) is 5.65 Å². The van der Waals surface area contributed by atoms with E-state index in [9.17, 15) is 31.5 Å². The van der Waals surface area contributed by atoms with Crippen LogP contribution in [-0.2, 0) is 22.4 Å². The maximum Gasteiger partial charge on any atom is 0.416 e. The molecule has 0 aliphatic carbocycles. The number of benzene rings is 2. The van der Waals surface area contributed by atoms with Gasteiger partial charge in [0.05, 0.1) is 34.6 Å². The first-order valence-electron chi connectivity index (χ1n) is 12.9. The minimum Gasteiger partial charge on any atom is -0.394 e. The van der Waals surface area contributed by atoms with E-state index in [4.69, 9.17) is 11.6 Å². The van der Waals surface area contributed by atoms with Crippen molar-refractivity contribution in [3.63, 3.8) is 0 Å². The van der Waals surface area contributed by atoms with Crippen LogP contribution in [0.2, 0.25) is 5.02 Å². The van der Waals surface area contributed by atoms with E-state index in [0.29, 0.717) is 22.6 Å². The van der Waals surface area contributed by atoms with E-state index in [1.807, 2.05) is 13.8 Å². The number of nitrogens with zero attached hydrogens (tertiary/aromatic N) is 2. The fraction of sp³-hybridized carbons (Fsp3) is 0.310. The average Bonchev–Trinajstić information content (AvgIpc) is 3.29. The Morgan fingerprint density at radius 1 is 1.10 bits per heavy atom. The van der Waals surface area contributed by atoms with Crippen molar-refractivity contribution in [2.45, 2.75) is 50.2 Å². The highest BCUT2D eigenvalue weighted by atomic mass is 35.5. The number of aromatic nitrogens is 2. The molecule has 0 spiro atoms. The van der Waals surface area contributed by atoms with Crippen LogP contribution in [0.4, 0.5) is 13.2 Å². The molecular formula is C29H29ClF3N3O4S. The van der Waals surface area contributed by atoms with Crippen molar-refractivity contribution in [1.82, 2.24) is 14.7 Å². The Hall–Kier alpha value is -3.41. The number of hydrogen-bond donors (Lipinski definition) is 2. The van der Waals surface area contributed by atoms with Crippen LogP contribution in [-0.4, -0.2) is 41.2 Å². The average molecular weight is 608 g/mol. The van der Waals surface area contributed by atoms with Crippen molar-refractivity contribution >= 4 is 33.0 Å². The molecule has 0 unspecified atom stereocenters. The van der Waals surface area contributed by atoms with E-state index in [2.05, 4.69) is 10.3 Å². The monoisotopic (exact) mass is 607 g/mol. The highest BCUT2D eigenvalue weighted by molar-refractivity contribution is 7.91. The molecule has 12 heteroatoms. The van der Waals surface area contributed by atoms with E-state index >= 15 is 0 Å². The summed E-state index contributed by atoms with van der Waals surface area (Å²) in [5, 5.41) is 12.6. The number of imidazole rings is 1. The van der Waals surface area contributed by atoms with Crippen molar-refractivity contribution in [2.24, 2.45) is 0 Å². The number of fused-ring (bicyclic) bond motifs is 1. The minimum absolute atomic E-state index is 0.0149. The van der Waals surface area contributed by atoms with Gasteiger partial charge in [0.25, 0.3) is 5.91 Å². The summed E-state index contributed by atoms with van der Waals surface area (Å²) < 4.78 is 67.0. The van der Waals surface area contributed by atoms with Crippen molar-refractivity contribution in [3.05, 3.63) is 99.5 Å². The normalized spacial score (nSPS) is 13.1. The summed E-state index contributed by atoms with van der Waals surface area (Å²) in [5.41, 5.74) is 1.50. The van der Waals surface area contributed by atoms with Gasteiger partial charge in [-0.25, -0.2) is 13.4 Å². The number of nitrogens with one attached hydrogen (secondary N) is 1. The predicted octanol–water partition coefficient (Wildman–Crippen LogP) is 5.98. The molecule has 0 aliphatic rings. The first kappa shape index (κ1) is 30.5. The third kappa shape index (κ3) is 6.58. The van der Waals surface area contributed by atoms with Crippen molar-refractivity contribution in [2.75, 3.05) is 12.4 Å². The lowest BCUT2D eigenvalue weighted by molar-refractivity contribution is -0.138. The zero-order valence-corrected chi connectivity index (χ0v) is 24.1. The lowest BCUT2D eigenvalue weighted by atomic mass is 9.99. The number of halogens is 4.